The van der Waals surface area contributed by atoms with Crippen LogP contribution in [-0.4, -0.2) is 16.8 Å². The SMILES string of the molecule is Cc1ccc(C)c(CN2C(=O)C(O)(CC(=O)c3cccs3)c3cc(Br)ccc32)c1. The molecule has 0 spiro atoms. The van der Waals surface area contributed by atoms with Crippen molar-refractivity contribution in [3.05, 3.63) is 85.5 Å². The normalized spacial score (nSPS) is 18.2. The predicted molar refractivity (Wildman–Crippen MR) is 118 cm³/mol. The molecule has 6 heteroatoms. The minimum Gasteiger partial charge on any atom is -0.375 e. The Morgan fingerprint density at radius 3 is 2.69 bits per heavy atom. The molecule has 4 nitrogen and oxygen atoms in total. The zero-order chi connectivity index (χ0) is 20.8. The van der Waals surface area contributed by atoms with Crippen molar-refractivity contribution in [3.63, 3.8) is 0 Å². The highest BCUT2D eigenvalue weighted by Gasteiger charge is 2.51. The van der Waals surface area contributed by atoms with Crippen molar-refractivity contribution in [1.82, 2.24) is 0 Å². The maximum absolute atomic E-state index is 13.4. The number of amides is 1. The average Bonchev–Trinajstić information content (AvgIpc) is 3.28. The molecular weight excluding hydrogens is 450 g/mol. The summed E-state index contributed by atoms with van der Waals surface area (Å²) in [7, 11) is 0. The van der Waals surface area contributed by atoms with Gasteiger partial charge in [0.05, 0.1) is 23.5 Å². The molecule has 1 N–H and O–H groups in total. The van der Waals surface area contributed by atoms with E-state index in [4.69, 9.17) is 0 Å². The Hall–Kier alpha value is -2.28. The van der Waals surface area contributed by atoms with Crippen molar-refractivity contribution >= 4 is 44.6 Å². The highest BCUT2D eigenvalue weighted by molar-refractivity contribution is 9.10. The predicted octanol–water partition coefficient (Wildman–Crippen LogP) is 5.13. The molecule has 2 aromatic carbocycles. The Balaban J connectivity index is 1.75. The van der Waals surface area contributed by atoms with Crippen LogP contribution in [0.3, 0.4) is 0 Å². The highest BCUT2D eigenvalue weighted by Crippen LogP contribution is 2.45. The van der Waals surface area contributed by atoms with Gasteiger partial charge in [0.1, 0.15) is 0 Å². The van der Waals surface area contributed by atoms with E-state index in [-0.39, 0.29) is 12.2 Å². The molecule has 1 amide bonds. The molecule has 1 aromatic heterocycles. The Labute approximate surface area is 181 Å². The van der Waals surface area contributed by atoms with Gasteiger partial charge >= 0.3 is 0 Å². The van der Waals surface area contributed by atoms with Gasteiger partial charge in [-0.25, -0.2) is 0 Å². The summed E-state index contributed by atoms with van der Waals surface area (Å²) in [5, 5.41) is 13.3. The van der Waals surface area contributed by atoms with Gasteiger partial charge in [-0.15, -0.1) is 11.3 Å². The van der Waals surface area contributed by atoms with Gasteiger partial charge in [-0.1, -0.05) is 45.8 Å². The molecule has 0 bridgehead atoms. The fraction of sp³-hybridized carbons (Fsp3) is 0.217. The molecule has 0 saturated heterocycles. The highest BCUT2D eigenvalue weighted by atomic mass is 79.9. The number of thiophene rings is 1. The Morgan fingerprint density at radius 2 is 1.97 bits per heavy atom. The summed E-state index contributed by atoms with van der Waals surface area (Å²) in [5.74, 6) is -0.702. The average molecular weight is 470 g/mol. The molecule has 1 unspecified atom stereocenters. The minimum atomic E-state index is -1.88. The molecule has 2 heterocycles. The third kappa shape index (κ3) is 3.56. The summed E-state index contributed by atoms with van der Waals surface area (Å²) >= 11 is 4.74. The second-order valence-corrected chi connectivity index (χ2v) is 9.28. The molecule has 0 aliphatic carbocycles. The number of nitrogens with zero attached hydrogens (tertiary/aromatic N) is 1. The van der Waals surface area contributed by atoms with E-state index in [0.717, 1.165) is 21.2 Å². The summed E-state index contributed by atoms with van der Waals surface area (Å²) < 4.78 is 0.750. The van der Waals surface area contributed by atoms with E-state index in [1.807, 2.05) is 43.5 Å². The second kappa shape index (κ2) is 7.52. The molecule has 0 radical (unpaired) electrons. The lowest BCUT2D eigenvalue weighted by Crippen LogP contribution is -2.41. The zero-order valence-corrected chi connectivity index (χ0v) is 18.5. The summed E-state index contributed by atoms with van der Waals surface area (Å²) in [4.78, 5) is 28.3. The van der Waals surface area contributed by atoms with Crippen molar-refractivity contribution in [1.29, 1.82) is 0 Å². The van der Waals surface area contributed by atoms with E-state index < -0.39 is 11.5 Å². The minimum absolute atomic E-state index is 0.240. The van der Waals surface area contributed by atoms with Crippen LogP contribution in [-0.2, 0) is 16.9 Å². The fourth-order valence-corrected chi connectivity index (χ4v) is 4.77. The van der Waals surface area contributed by atoms with Crippen molar-refractivity contribution in [2.24, 2.45) is 0 Å². The maximum Gasteiger partial charge on any atom is 0.264 e. The summed E-state index contributed by atoms with van der Waals surface area (Å²) in [6, 6.07) is 15.0. The Morgan fingerprint density at radius 1 is 1.17 bits per heavy atom. The number of hydrogen-bond acceptors (Lipinski definition) is 4. The van der Waals surface area contributed by atoms with E-state index in [1.165, 1.54) is 11.3 Å². The number of fused-ring (bicyclic) bond motifs is 1. The molecule has 1 atom stereocenters. The number of halogens is 1. The number of benzene rings is 2. The van der Waals surface area contributed by atoms with Crippen LogP contribution in [0.25, 0.3) is 0 Å². The number of Topliss-reactive ketones (excluding diaryl/α,β-unsaturated/α-hetero) is 1. The van der Waals surface area contributed by atoms with Gasteiger partial charge in [-0.05, 0) is 54.6 Å². The monoisotopic (exact) mass is 469 g/mol. The number of ketones is 1. The molecule has 4 rings (SSSR count). The van der Waals surface area contributed by atoms with Crippen molar-refractivity contribution < 1.29 is 14.7 Å². The van der Waals surface area contributed by atoms with Gasteiger partial charge in [0.2, 0.25) is 0 Å². The molecular formula is C23H20BrNO3S. The van der Waals surface area contributed by atoms with E-state index >= 15 is 0 Å². The van der Waals surface area contributed by atoms with Crippen LogP contribution in [0.15, 0.2) is 58.4 Å². The first-order chi connectivity index (χ1) is 13.8. The summed E-state index contributed by atoms with van der Waals surface area (Å²) in [6.45, 7) is 4.36. The third-order valence-electron chi connectivity index (χ3n) is 5.34. The Kier molecular flexibility index (Phi) is 5.19. The maximum atomic E-state index is 13.4. The quantitative estimate of drug-likeness (QED) is 0.526. The number of rotatable bonds is 5. The summed E-state index contributed by atoms with van der Waals surface area (Å²) in [6.07, 6.45) is -0.279. The third-order valence-corrected chi connectivity index (χ3v) is 6.74. The Bertz CT molecular complexity index is 1110. The van der Waals surface area contributed by atoms with Crippen LogP contribution >= 0.6 is 27.3 Å². The van der Waals surface area contributed by atoms with Gasteiger partial charge in [-0.3, -0.25) is 9.59 Å². The van der Waals surface area contributed by atoms with E-state index in [2.05, 4.69) is 22.0 Å². The molecule has 3 aromatic rings. The lowest BCUT2D eigenvalue weighted by molar-refractivity contribution is -0.136. The van der Waals surface area contributed by atoms with Crippen molar-refractivity contribution in [3.8, 4) is 0 Å². The van der Waals surface area contributed by atoms with Crippen LogP contribution < -0.4 is 4.90 Å². The molecule has 0 fully saturated rings. The van der Waals surface area contributed by atoms with Crippen LogP contribution in [0.1, 0.15) is 38.3 Å². The molecule has 0 saturated carbocycles. The first kappa shape index (κ1) is 20.0. The number of carbonyl (C=O) groups excluding carboxylic acids is 2. The topological polar surface area (TPSA) is 57.6 Å². The first-order valence-corrected chi connectivity index (χ1v) is 10.9. The van der Waals surface area contributed by atoms with Gasteiger partial charge < -0.3 is 10.0 Å². The number of hydrogen-bond donors (Lipinski definition) is 1. The number of anilines is 1. The standard InChI is InChI=1S/C23H20BrNO3S/c1-14-5-6-15(2)16(10-14)13-25-19-8-7-17(24)11-18(19)23(28,22(25)27)12-20(26)21-4-3-9-29-21/h3-11,28H,12-13H2,1-2H3. The van der Waals surface area contributed by atoms with E-state index in [9.17, 15) is 14.7 Å². The molecule has 148 valence electrons. The van der Waals surface area contributed by atoms with Gasteiger partial charge in [0, 0.05) is 10.0 Å². The van der Waals surface area contributed by atoms with Crippen molar-refractivity contribution in [2.75, 3.05) is 4.90 Å². The van der Waals surface area contributed by atoms with Crippen LogP contribution in [0.2, 0.25) is 0 Å². The summed E-state index contributed by atoms with van der Waals surface area (Å²) in [5.41, 5.74) is 2.43. The van der Waals surface area contributed by atoms with Crippen LogP contribution in [0.4, 0.5) is 5.69 Å². The smallest absolute Gasteiger partial charge is 0.264 e. The van der Waals surface area contributed by atoms with E-state index in [1.54, 1.807) is 23.1 Å². The fourth-order valence-electron chi connectivity index (χ4n) is 3.75. The van der Waals surface area contributed by atoms with Gasteiger partial charge in [0.25, 0.3) is 5.91 Å². The largest absolute Gasteiger partial charge is 0.375 e. The van der Waals surface area contributed by atoms with Crippen LogP contribution in [0.5, 0.6) is 0 Å². The van der Waals surface area contributed by atoms with Gasteiger partial charge in [0.15, 0.2) is 11.4 Å². The lowest BCUT2D eigenvalue weighted by Gasteiger charge is -2.23. The lowest BCUT2D eigenvalue weighted by atomic mass is 9.89. The first-order valence-electron chi connectivity index (χ1n) is 9.27. The molecule has 1 aliphatic heterocycles. The number of aryl methyl sites for hydroxylation is 2. The van der Waals surface area contributed by atoms with E-state index in [0.29, 0.717) is 22.7 Å². The molecule has 29 heavy (non-hydrogen) atoms. The number of carbonyl (C=O) groups is 2. The molecule has 1 aliphatic rings. The van der Waals surface area contributed by atoms with Crippen molar-refractivity contribution in [2.45, 2.75) is 32.4 Å². The number of aliphatic hydroxyl groups is 1. The zero-order valence-electron chi connectivity index (χ0n) is 16.1. The van der Waals surface area contributed by atoms with Gasteiger partial charge in [-0.2, -0.15) is 0 Å². The second-order valence-electron chi connectivity index (χ2n) is 7.42. The van der Waals surface area contributed by atoms with Crippen LogP contribution in [0, 0.1) is 13.8 Å².